The predicted octanol–water partition coefficient (Wildman–Crippen LogP) is -1.19. The van der Waals surface area contributed by atoms with Gasteiger partial charge in [0, 0.05) is 51.7 Å². The molecule has 0 saturated carbocycles. The Bertz CT molecular complexity index is 388. The largest absolute Gasteiger partial charge is 0.378 e. The molecule has 2 fully saturated rings. The first kappa shape index (κ1) is 16.9. The lowest BCUT2D eigenvalue weighted by molar-refractivity contribution is -0.134. The summed E-state index contributed by atoms with van der Waals surface area (Å²) in [4.78, 5) is 27.9. The quantitative estimate of drug-likeness (QED) is 0.604. The Balaban J connectivity index is 1.66. The molecule has 0 bridgehead atoms. The van der Waals surface area contributed by atoms with Gasteiger partial charge in [-0.2, -0.15) is 0 Å². The minimum atomic E-state index is 0.00299. The Morgan fingerprint density at radius 2 is 2.09 bits per heavy atom. The van der Waals surface area contributed by atoms with Crippen molar-refractivity contribution in [1.82, 2.24) is 20.4 Å². The standard InChI is InChI=1S/C15H26N4O3/c1-2-3-17-14(20)11-18-5-7-19(8-6-18)15(21)10-13-12-22-9-4-16-13/h2,13,16H,1,3-12H2,(H,17,20). The maximum atomic E-state index is 12.3. The number of amides is 2. The fourth-order valence-corrected chi connectivity index (χ4v) is 2.69. The Morgan fingerprint density at radius 1 is 1.32 bits per heavy atom. The van der Waals surface area contributed by atoms with Crippen molar-refractivity contribution in [1.29, 1.82) is 0 Å². The molecule has 2 N–H and O–H groups in total. The number of ether oxygens (including phenoxy) is 1. The van der Waals surface area contributed by atoms with Crippen LogP contribution in [0.4, 0.5) is 0 Å². The number of carbonyl (C=O) groups is 2. The van der Waals surface area contributed by atoms with E-state index < -0.39 is 0 Å². The van der Waals surface area contributed by atoms with E-state index >= 15 is 0 Å². The minimum Gasteiger partial charge on any atom is -0.378 e. The molecule has 22 heavy (non-hydrogen) atoms. The van der Waals surface area contributed by atoms with Crippen LogP contribution in [0.25, 0.3) is 0 Å². The average Bonchev–Trinajstić information content (AvgIpc) is 2.54. The van der Waals surface area contributed by atoms with Gasteiger partial charge in [0.15, 0.2) is 0 Å². The van der Waals surface area contributed by atoms with Gasteiger partial charge < -0.3 is 20.3 Å². The van der Waals surface area contributed by atoms with Gasteiger partial charge in [0.25, 0.3) is 0 Å². The maximum Gasteiger partial charge on any atom is 0.234 e. The van der Waals surface area contributed by atoms with Crippen LogP contribution in [0.3, 0.4) is 0 Å². The third kappa shape index (κ3) is 5.40. The number of carbonyl (C=O) groups excluding carboxylic acids is 2. The van der Waals surface area contributed by atoms with Gasteiger partial charge in [-0.15, -0.1) is 6.58 Å². The lowest BCUT2D eigenvalue weighted by Crippen LogP contribution is -2.52. The zero-order chi connectivity index (χ0) is 15.8. The van der Waals surface area contributed by atoms with Gasteiger partial charge in [0.2, 0.25) is 11.8 Å². The molecule has 2 rings (SSSR count). The second-order valence-electron chi connectivity index (χ2n) is 5.68. The van der Waals surface area contributed by atoms with Crippen molar-refractivity contribution in [3.63, 3.8) is 0 Å². The van der Waals surface area contributed by atoms with Crippen molar-refractivity contribution in [3.05, 3.63) is 12.7 Å². The van der Waals surface area contributed by atoms with Gasteiger partial charge in [0.05, 0.1) is 19.8 Å². The topological polar surface area (TPSA) is 73.9 Å². The maximum absolute atomic E-state index is 12.3. The van der Waals surface area contributed by atoms with Gasteiger partial charge in [-0.25, -0.2) is 0 Å². The highest BCUT2D eigenvalue weighted by Gasteiger charge is 2.25. The summed E-state index contributed by atoms with van der Waals surface area (Å²) in [6, 6.07) is 0.129. The van der Waals surface area contributed by atoms with Crippen LogP contribution in [0.2, 0.25) is 0 Å². The van der Waals surface area contributed by atoms with Crippen LogP contribution in [0.15, 0.2) is 12.7 Å². The number of nitrogens with one attached hydrogen (secondary N) is 2. The lowest BCUT2D eigenvalue weighted by Gasteiger charge is -2.35. The summed E-state index contributed by atoms with van der Waals surface area (Å²) >= 11 is 0. The van der Waals surface area contributed by atoms with Crippen molar-refractivity contribution in [2.75, 3.05) is 59.0 Å². The predicted molar refractivity (Wildman–Crippen MR) is 83.5 cm³/mol. The first-order valence-corrected chi connectivity index (χ1v) is 7.88. The Hall–Kier alpha value is -1.44. The molecule has 2 heterocycles. The second-order valence-corrected chi connectivity index (χ2v) is 5.68. The van der Waals surface area contributed by atoms with Gasteiger partial charge in [0.1, 0.15) is 0 Å². The summed E-state index contributed by atoms with van der Waals surface area (Å²) in [6.45, 7) is 9.42. The van der Waals surface area contributed by atoms with Gasteiger partial charge >= 0.3 is 0 Å². The molecular formula is C15H26N4O3. The summed E-state index contributed by atoms with van der Waals surface area (Å²) in [5.74, 6) is 0.169. The van der Waals surface area contributed by atoms with E-state index in [-0.39, 0.29) is 17.9 Å². The molecule has 2 saturated heterocycles. The summed E-state index contributed by atoms with van der Waals surface area (Å²) in [6.07, 6.45) is 2.15. The highest BCUT2D eigenvalue weighted by Crippen LogP contribution is 2.07. The monoisotopic (exact) mass is 310 g/mol. The minimum absolute atomic E-state index is 0.00299. The number of rotatable bonds is 6. The average molecular weight is 310 g/mol. The molecule has 2 amide bonds. The molecule has 2 aliphatic rings. The van der Waals surface area contributed by atoms with Crippen molar-refractivity contribution >= 4 is 11.8 Å². The first-order valence-electron chi connectivity index (χ1n) is 7.88. The Kier molecular flexibility index (Phi) is 6.82. The third-order valence-electron chi connectivity index (χ3n) is 3.96. The fraction of sp³-hybridized carbons (Fsp3) is 0.733. The Morgan fingerprint density at radius 3 is 2.73 bits per heavy atom. The van der Waals surface area contributed by atoms with E-state index in [9.17, 15) is 9.59 Å². The highest BCUT2D eigenvalue weighted by molar-refractivity contribution is 5.78. The van der Waals surface area contributed by atoms with Crippen LogP contribution in [-0.2, 0) is 14.3 Å². The summed E-state index contributed by atoms with van der Waals surface area (Å²) in [7, 11) is 0. The smallest absolute Gasteiger partial charge is 0.234 e. The molecule has 1 unspecified atom stereocenters. The molecule has 0 aromatic rings. The van der Waals surface area contributed by atoms with Crippen molar-refractivity contribution < 1.29 is 14.3 Å². The molecule has 0 radical (unpaired) electrons. The molecule has 1 atom stereocenters. The van der Waals surface area contributed by atoms with Crippen LogP contribution in [-0.4, -0.2) is 86.7 Å². The van der Waals surface area contributed by atoms with Crippen molar-refractivity contribution in [2.24, 2.45) is 0 Å². The van der Waals surface area contributed by atoms with Crippen LogP contribution in [0, 0.1) is 0 Å². The molecule has 124 valence electrons. The molecule has 0 aromatic heterocycles. The second kappa shape index (κ2) is 8.87. The van der Waals surface area contributed by atoms with Gasteiger partial charge in [-0.05, 0) is 0 Å². The van der Waals surface area contributed by atoms with Gasteiger partial charge in [-0.3, -0.25) is 14.5 Å². The van der Waals surface area contributed by atoms with E-state index in [0.29, 0.717) is 39.2 Å². The molecule has 0 spiro atoms. The Labute approximate surface area is 131 Å². The summed E-state index contributed by atoms with van der Waals surface area (Å²) in [5, 5.41) is 6.07. The van der Waals surface area contributed by atoms with E-state index in [4.69, 9.17) is 4.74 Å². The van der Waals surface area contributed by atoms with Crippen LogP contribution >= 0.6 is 0 Å². The van der Waals surface area contributed by atoms with Crippen LogP contribution in [0.1, 0.15) is 6.42 Å². The van der Waals surface area contributed by atoms with E-state index in [2.05, 4.69) is 22.1 Å². The zero-order valence-electron chi connectivity index (χ0n) is 13.1. The third-order valence-corrected chi connectivity index (χ3v) is 3.96. The lowest BCUT2D eigenvalue weighted by atomic mass is 10.1. The SMILES string of the molecule is C=CCNC(=O)CN1CCN(C(=O)CC2COCCN2)CC1. The van der Waals surface area contributed by atoms with E-state index in [1.807, 2.05) is 4.90 Å². The number of hydrogen-bond acceptors (Lipinski definition) is 5. The van der Waals surface area contributed by atoms with Gasteiger partial charge in [-0.1, -0.05) is 6.08 Å². The molecule has 7 heteroatoms. The number of morpholine rings is 1. The number of nitrogens with zero attached hydrogens (tertiary/aromatic N) is 2. The van der Waals surface area contributed by atoms with Crippen molar-refractivity contribution in [3.8, 4) is 0 Å². The van der Waals surface area contributed by atoms with E-state index in [0.717, 1.165) is 26.2 Å². The fourth-order valence-electron chi connectivity index (χ4n) is 2.69. The number of piperazine rings is 1. The molecule has 2 aliphatic heterocycles. The molecule has 0 aliphatic carbocycles. The normalized spacial score (nSPS) is 23.1. The van der Waals surface area contributed by atoms with Crippen LogP contribution in [0.5, 0.6) is 0 Å². The van der Waals surface area contributed by atoms with Crippen LogP contribution < -0.4 is 10.6 Å². The molecule has 7 nitrogen and oxygen atoms in total. The molecular weight excluding hydrogens is 284 g/mol. The summed E-state index contributed by atoms with van der Waals surface area (Å²) in [5.41, 5.74) is 0. The first-order chi connectivity index (χ1) is 10.7. The highest BCUT2D eigenvalue weighted by atomic mass is 16.5. The number of hydrogen-bond donors (Lipinski definition) is 2. The van der Waals surface area contributed by atoms with E-state index in [1.54, 1.807) is 6.08 Å². The summed E-state index contributed by atoms with van der Waals surface area (Å²) < 4.78 is 5.37. The van der Waals surface area contributed by atoms with Crippen molar-refractivity contribution in [2.45, 2.75) is 12.5 Å². The molecule has 0 aromatic carbocycles. The zero-order valence-corrected chi connectivity index (χ0v) is 13.1. The van der Waals surface area contributed by atoms with E-state index in [1.165, 1.54) is 0 Å².